The van der Waals surface area contributed by atoms with Gasteiger partial charge >= 0.3 is 6.01 Å². The first-order valence-corrected chi connectivity index (χ1v) is 29.2. The van der Waals surface area contributed by atoms with Crippen molar-refractivity contribution in [2.24, 2.45) is 5.41 Å². The van der Waals surface area contributed by atoms with Crippen molar-refractivity contribution in [1.82, 2.24) is 40.7 Å². The summed E-state index contributed by atoms with van der Waals surface area (Å²) in [6.45, 7) is 18.3. The topological polar surface area (TPSA) is 225 Å². The van der Waals surface area contributed by atoms with Crippen molar-refractivity contribution in [2.75, 3.05) is 69.8 Å². The van der Waals surface area contributed by atoms with Crippen LogP contribution in [0.4, 0.5) is 25.3 Å². The zero-order valence-electron chi connectivity index (χ0n) is 45.1. The normalized spacial score (nSPS) is 21.1. The molecular formula is C57H66ClF2N11O7S2. The average molecular weight is 1150 g/mol. The number of hydrogen-bond acceptors (Lipinski definition) is 16. The van der Waals surface area contributed by atoms with Crippen LogP contribution in [0, 0.1) is 30.5 Å². The standard InChI is InChI=1S/C57H66ClF2N11O7S2/c1-30-49(79-29-63-30)32-11-9-31(10-12-32)41(27-72)65-54(75)42-22-36(73)26-71(42)55(76)51(57(2,3)4)66-43(74)17-21-77-20-7-19-69-18-6-8-35(69)28-78-56-67-47-38(53(68-56)70-24-33-13-14-34(25-70)64-33)23-39(58)44(46(47)60)37-15-16-40(59)50-45(37)48(62-5)52(61)80-50/h9-12,15-16,23,29,33-36,41-42,51,64,72-73H,6-8,13-14,17-22,24-28,61H2,1-4H3,(H,65,75)(H,66,74)/t33?,34?,35-,36+,41-,42-,51+/m0/s1. The number of halogens is 3. The summed E-state index contributed by atoms with van der Waals surface area (Å²) in [5.41, 5.74) is 9.95. The lowest BCUT2D eigenvalue weighted by Gasteiger charge is -2.35. The summed E-state index contributed by atoms with van der Waals surface area (Å²) in [6, 6.07) is 9.47. The van der Waals surface area contributed by atoms with Gasteiger partial charge in [-0.25, -0.2) is 18.6 Å². The summed E-state index contributed by atoms with van der Waals surface area (Å²) in [5, 5.41) is 31.3. The molecule has 2 bridgehead atoms. The number of likely N-dealkylation sites (tertiary alicyclic amines) is 2. The van der Waals surface area contributed by atoms with Crippen LogP contribution in [-0.4, -0.2) is 148 Å². The Hall–Kier alpha value is -6.16. The minimum atomic E-state index is -1.02. The molecule has 3 aromatic carbocycles. The van der Waals surface area contributed by atoms with E-state index in [-0.39, 0.29) is 106 Å². The highest BCUT2D eigenvalue weighted by molar-refractivity contribution is 7.23. The van der Waals surface area contributed by atoms with Crippen LogP contribution in [0.1, 0.15) is 83.0 Å². The molecule has 4 saturated heterocycles. The number of β-amino-alcohol motifs (C(OH)–C–C–N with tert-alkyl or cyclic N) is 1. The van der Waals surface area contributed by atoms with Crippen LogP contribution in [0.2, 0.25) is 5.02 Å². The highest BCUT2D eigenvalue weighted by atomic mass is 35.5. The van der Waals surface area contributed by atoms with Crippen LogP contribution < -0.4 is 31.3 Å². The zero-order chi connectivity index (χ0) is 56.6. The van der Waals surface area contributed by atoms with Gasteiger partial charge in [-0.1, -0.05) is 62.7 Å². The summed E-state index contributed by atoms with van der Waals surface area (Å²) in [6.07, 6.45) is 3.51. The van der Waals surface area contributed by atoms with Crippen molar-refractivity contribution in [3.63, 3.8) is 0 Å². The fraction of sp³-hybridized carbons (Fsp3) is 0.491. The number of rotatable bonds is 19. The summed E-state index contributed by atoms with van der Waals surface area (Å²) >= 11 is 9.40. The number of thiazole rings is 1. The van der Waals surface area contributed by atoms with Gasteiger partial charge in [0.15, 0.2) is 5.82 Å². The Balaban J connectivity index is 0.738. The third-order valence-electron chi connectivity index (χ3n) is 15.7. The van der Waals surface area contributed by atoms with E-state index in [0.29, 0.717) is 49.4 Å². The van der Waals surface area contributed by atoms with E-state index >= 15 is 8.78 Å². The second-order valence-corrected chi connectivity index (χ2v) is 24.6. The number of aryl methyl sites for hydroxylation is 1. The number of nitrogens with two attached hydrogens (primary N) is 1. The number of thiophene rings is 1. The first kappa shape index (κ1) is 57.1. The molecule has 4 aliphatic rings. The van der Waals surface area contributed by atoms with Crippen molar-refractivity contribution in [3.05, 3.63) is 87.3 Å². The van der Waals surface area contributed by atoms with Crippen LogP contribution in [0.3, 0.4) is 0 Å². The highest BCUT2D eigenvalue weighted by Crippen LogP contribution is 2.49. The summed E-state index contributed by atoms with van der Waals surface area (Å²) in [4.78, 5) is 65.8. The Labute approximate surface area is 475 Å². The predicted molar refractivity (Wildman–Crippen MR) is 306 cm³/mol. The molecular weight excluding hydrogens is 1090 g/mol. The molecule has 424 valence electrons. The minimum absolute atomic E-state index is 0.00323. The predicted octanol–water partition coefficient (Wildman–Crippen LogP) is 7.93. The number of aliphatic hydroxyl groups excluding tert-OH is 2. The number of fused-ring (bicyclic) bond motifs is 4. The van der Waals surface area contributed by atoms with Crippen LogP contribution >= 0.6 is 34.3 Å². The SMILES string of the molecule is [C-]#[N+]c1c(N)sc2c(F)ccc(-c3c(Cl)cc4c(N5CC6CCC(C5)N6)nc(OC[C@@H]5CCCN5CCCOCCC(=O)N[C@H](C(=O)N5C[C@H](O)C[C@H]5C(=O)N[C@@H](CO)c5ccc(-c6scnc6C)cc5)C(C)(C)C)nc4c3F)c12. The molecule has 3 amide bonds. The number of amides is 3. The van der Waals surface area contributed by atoms with E-state index in [4.69, 9.17) is 38.4 Å². The number of piperazine rings is 1. The number of carbonyl (C=O) groups excluding carboxylic acids is 3. The third kappa shape index (κ3) is 11.9. The van der Waals surface area contributed by atoms with Gasteiger partial charge in [0, 0.05) is 80.1 Å². The fourth-order valence-electron chi connectivity index (χ4n) is 11.7. The zero-order valence-corrected chi connectivity index (χ0v) is 47.5. The smallest absolute Gasteiger partial charge is 0.319 e. The lowest BCUT2D eigenvalue weighted by molar-refractivity contribution is -0.144. The number of benzene rings is 3. The second kappa shape index (κ2) is 24.1. The third-order valence-corrected chi connectivity index (χ3v) is 18.0. The Morgan fingerprint density at radius 3 is 2.51 bits per heavy atom. The number of nitrogens with zero attached hydrogens (tertiary/aromatic N) is 7. The molecule has 2 unspecified atom stereocenters. The van der Waals surface area contributed by atoms with Crippen LogP contribution in [-0.2, 0) is 19.1 Å². The molecule has 7 atom stereocenters. The van der Waals surface area contributed by atoms with Crippen LogP contribution in [0.5, 0.6) is 6.01 Å². The number of nitrogen functional groups attached to an aromatic ring is 1. The maximum absolute atomic E-state index is 17.3. The molecule has 23 heteroatoms. The van der Waals surface area contributed by atoms with E-state index in [0.717, 1.165) is 59.7 Å². The number of aliphatic hydroxyl groups is 2. The monoisotopic (exact) mass is 1150 g/mol. The molecule has 0 aliphatic carbocycles. The van der Waals surface area contributed by atoms with E-state index < -0.39 is 59.0 Å². The Morgan fingerprint density at radius 1 is 1.05 bits per heavy atom. The second-order valence-electron chi connectivity index (χ2n) is 22.3. The van der Waals surface area contributed by atoms with Crippen molar-refractivity contribution in [3.8, 4) is 27.6 Å². The van der Waals surface area contributed by atoms with Gasteiger partial charge in [-0.2, -0.15) is 9.97 Å². The number of carbonyl (C=O) groups is 3. The molecule has 3 aromatic heterocycles. The van der Waals surface area contributed by atoms with Gasteiger partial charge in [-0.3, -0.25) is 19.3 Å². The number of ether oxygens (including phenoxy) is 2. The lowest BCUT2D eigenvalue weighted by Crippen LogP contribution is -2.58. The molecule has 0 saturated carbocycles. The van der Waals surface area contributed by atoms with Gasteiger partial charge < -0.3 is 51.2 Å². The Bertz CT molecular complexity index is 3320. The molecule has 18 nitrogen and oxygen atoms in total. The van der Waals surface area contributed by atoms with Gasteiger partial charge in [0.05, 0.1) is 62.7 Å². The first-order chi connectivity index (χ1) is 38.4. The van der Waals surface area contributed by atoms with Gasteiger partial charge in [-0.15, -0.1) is 22.7 Å². The summed E-state index contributed by atoms with van der Waals surface area (Å²) in [7, 11) is 0. The van der Waals surface area contributed by atoms with E-state index in [1.807, 2.05) is 52.0 Å². The lowest BCUT2D eigenvalue weighted by atomic mass is 9.85. The van der Waals surface area contributed by atoms with Crippen LogP contribution in [0.15, 0.2) is 48.0 Å². The molecule has 80 heavy (non-hydrogen) atoms. The van der Waals surface area contributed by atoms with Crippen LogP contribution in [0.25, 0.3) is 47.4 Å². The van der Waals surface area contributed by atoms with E-state index in [1.54, 1.807) is 11.6 Å². The quantitative estimate of drug-likeness (QED) is 0.0335. The molecule has 7 N–H and O–H groups in total. The first-order valence-electron chi connectivity index (χ1n) is 27.1. The van der Waals surface area contributed by atoms with Gasteiger partial charge in [-0.05, 0) is 79.8 Å². The molecule has 0 radical (unpaired) electrons. The summed E-state index contributed by atoms with van der Waals surface area (Å²) < 4.78 is 44.8. The maximum Gasteiger partial charge on any atom is 0.319 e. The number of nitrogens with one attached hydrogen (secondary N) is 3. The van der Waals surface area contributed by atoms with E-state index in [9.17, 15) is 24.6 Å². The Morgan fingerprint density at radius 2 is 1.81 bits per heavy atom. The van der Waals surface area contributed by atoms with Gasteiger partial charge in [0.25, 0.3) is 0 Å². The molecule has 4 fully saturated rings. The average Bonchev–Trinajstić information content (AvgIpc) is 4.32. The maximum atomic E-state index is 17.3. The fourth-order valence-corrected chi connectivity index (χ4v) is 13.7. The molecule has 6 aromatic rings. The van der Waals surface area contributed by atoms with Gasteiger partial charge in [0.1, 0.15) is 35.8 Å². The van der Waals surface area contributed by atoms with Crippen molar-refractivity contribution in [1.29, 1.82) is 0 Å². The van der Waals surface area contributed by atoms with Gasteiger partial charge in [0.2, 0.25) is 23.4 Å². The number of aromatic nitrogens is 3. The van der Waals surface area contributed by atoms with Crippen molar-refractivity contribution in [2.45, 2.75) is 115 Å². The van der Waals surface area contributed by atoms with E-state index in [2.05, 4.69) is 40.6 Å². The minimum Gasteiger partial charge on any atom is -0.462 e. The molecule has 4 aliphatic heterocycles. The number of anilines is 2. The van der Waals surface area contributed by atoms with Crippen molar-refractivity contribution < 1.29 is 42.9 Å². The molecule has 10 rings (SSSR count). The molecule has 0 spiro atoms. The number of hydrogen-bond donors (Lipinski definition) is 6. The highest BCUT2D eigenvalue weighted by Gasteiger charge is 2.45. The summed E-state index contributed by atoms with van der Waals surface area (Å²) in [5.74, 6) is -2.23. The van der Waals surface area contributed by atoms with E-state index in [1.165, 1.54) is 28.4 Å². The molecule has 7 heterocycles. The largest absolute Gasteiger partial charge is 0.462 e. The Kier molecular flexibility index (Phi) is 17.2. The van der Waals surface area contributed by atoms with Crippen molar-refractivity contribution >= 4 is 89.5 Å².